The normalized spacial score (nSPS) is 12.9. The molecule has 0 radical (unpaired) electrons. The van der Waals surface area contributed by atoms with Crippen molar-refractivity contribution in [3.05, 3.63) is 42.0 Å². The van der Waals surface area contributed by atoms with Crippen LogP contribution in [-0.2, 0) is 0 Å². The number of nitrogens with one attached hydrogen (secondary N) is 1. The van der Waals surface area contributed by atoms with Crippen molar-refractivity contribution in [1.29, 1.82) is 0 Å². The SMILES string of the molecule is COc1cc(/C=N/Nc2nc3ccccc3s2)cc2c1OCO2. The molecule has 4 rings (SSSR count). The zero-order chi connectivity index (χ0) is 15.6. The molecule has 116 valence electrons. The molecule has 0 atom stereocenters. The number of ether oxygens (including phenoxy) is 3. The van der Waals surface area contributed by atoms with E-state index in [2.05, 4.69) is 15.5 Å². The summed E-state index contributed by atoms with van der Waals surface area (Å²) in [5.74, 6) is 1.91. The van der Waals surface area contributed by atoms with Gasteiger partial charge in [-0.1, -0.05) is 23.5 Å². The molecular weight excluding hydrogens is 314 g/mol. The zero-order valence-electron chi connectivity index (χ0n) is 12.3. The first-order valence-corrected chi connectivity index (χ1v) is 7.77. The molecule has 0 saturated carbocycles. The van der Waals surface area contributed by atoms with E-state index in [1.807, 2.05) is 36.4 Å². The van der Waals surface area contributed by atoms with Crippen molar-refractivity contribution in [2.45, 2.75) is 0 Å². The smallest absolute Gasteiger partial charge is 0.231 e. The highest BCUT2D eigenvalue weighted by Crippen LogP contribution is 2.41. The number of aromatic nitrogens is 1. The van der Waals surface area contributed by atoms with Gasteiger partial charge in [-0.25, -0.2) is 4.98 Å². The van der Waals surface area contributed by atoms with E-state index in [1.54, 1.807) is 24.7 Å². The predicted octanol–water partition coefficient (Wildman–Crippen LogP) is 3.48. The van der Waals surface area contributed by atoms with Gasteiger partial charge < -0.3 is 14.2 Å². The monoisotopic (exact) mass is 327 g/mol. The van der Waals surface area contributed by atoms with Crippen LogP contribution in [0, 0.1) is 0 Å². The van der Waals surface area contributed by atoms with Gasteiger partial charge in [0.2, 0.25) is 17.7 Å². The second-order valence-electron chi connectivity index (χ2n) is 4.81. The average molecular weight is 327 g/mol. The van der Waals surface area contributed by atoms with Gasteiger partial charge in [-0.15, -0.1) is 0 Å². The molecule has 0 spiro atoms. The van der Waals surface area contributed by atoms with Crippen LogP contribution in [0.15, 0.2) is 41.5 Å². The number of thiazole rings is 1. The lowest BCUT2D eigenvalue weighted by atomic mass is 10.2. The van der Waals surface area contributed by atoms with Gasteiger partial charge in [0.05, 0.1) is 23.5 Å². The molecule has 0 aliphatic carbocycles. The quantitative estimate of drug-likeness (QED) is 0.587. The van der Waals surface area contributed by atoms with Gasteiger partial charge in [0.1, 0.15) is 0 Å². The summed E-state index contributed by atoms with van der Waals surface area (Å²) in [5, 5.41) is 4.97. The van der Waals surface area contributed by atoms with Gasteiger partial charge in [-0.2, -0.15) is 5.10 Å². The molecular formula is C16H13N3O3S. The van der Waals surface area contributed by atoms with Gasteiger partial charge >= 0.3 is 0 Å². The Morgan fingerprint density at radius 3 is 3.09 bits per heavy atom. The minimum absolute atomic E-state index is 0.205. The van der Waals surface area contributed by atoms with Gasteiger partial charge in [0.25, 0.3) is 0 Å². The van der Waals surface area contributed by atoms with E-state index >= 15 is 0 Å². The van der Waals surface area contributed by atoms with E-state index < -0.39 is 0 Å². The number of rotatable bonds is 4. The minimum Gasteiger partial charge on any atom is -0.493 e. The lowest BCUT2D eigenvalue weighted by molar-refractivity contribution is 0.171. The number of benzene rings is 2. The van der Waals surface area contributed by atoms with Gasteiger partial charge in [0, 0.05) is 5.56 Å². The van der Waals surface area contributed by atoms with E-state index in [1.165, 1.54) is 0 Å². The molecule has 1 aromatic heterocycles. The van der Waals surface area contributed by atoms with Crippen LogP contribution in [-0.4, -0.2) is 25.1 Å². The third kappa shape index (κ3) is 2.66. The van der Waals surface area contributed by atoms with E-state index in [0.717, 1.165) is 20.9 Å². The van der Waals surface area contributed by atoms with Crippen molar-refractivity contribution < 1.29 is 14.2 Å². The fourth-order valence-corrected chi connectivity index (χ4v) is 3.12. The Labute approximate surface area is 136 Å². The van der Waals surface area contributed by atoms with Crippen LogP contribution in [0.4, 0.5) is 5.13 Å². The van der Waals surface area contributed by atoms with Gasteiger partial charge in [0.15, 0.2) is 11.5 Å². The summed E-state index contributed by atoms with van der Waals surface area (Å²) in [6.07, 6.45) is 1.69. The van der Waals surface area contributed by atoms with Crippen LogP contribution in [0.2, 0.25) is 0 Å². The number of para-hydroxylation sites is 1. The maximum atomic E-state index is 5.39. The number of hydrogen-bond donors (Lipinski definition) is 1. The first-order valence-electron chi connectivity index (χ1n) is 6.96. The summed E-state index contributed by atoms with van der Waals surface area (Å²) in [6, 6.07) is 11.7. The van der Waals surface area contributed by atoms with Crippen molar-refractivity contribution in [3.63, 3.8) is 0 Å². The molecule has 0 fully saturated rings. The summed E-state index contributed by atoms with van der Waals surface area (Å²) < 4.78 is 17.2. The Kier molecular flexibility index (Phi) is 3.47. The van der Waals surface area contributed by atoms with Gasteiger partial charge in [-0.05, 0) is 24.3 Å². The third-order valence-corrected chi connectivity index (χ3v) is 4.29. The van der Waals surface area contributed by atoms with Crippen LogP contribution in [0.25, 0.3) is 10.2 Å². The fraction of sp³-hybridized carbons (Fsp3) is 0.125. The average Bonchev–Trinajstić information content (AvgIpc) is 3.19. The maximum Gasteiger partial charge on any atom is 0.231 e. The van der Waals surface area contributed by atoms with Crippen LogP contribution < -0.4 is 19.6 Å². The fourth-order valence-electron chi connectivity index (χ4n) is 2.31. The molecule has 6 nitrogen and oxygen atoms in total. The number of anilines is 1. The Morgan fingerprint density at radius 2 is 2.22 bits per heavy atom. The molecule has 7 heteroatoms. The van der Waals surface area contributed by atoms with Gasteiger partial charge in [-0.3, -0.25) is 5.43 Å². The third-order valence-electron chi connectivity index (χ3n) is 3.35. The molecule has 2 heterocycles. The Morgan fingerprint density at radius 1 is 1.30 bits per heavy atom. The minimum atomic E-state index is 0.205. The number of hydrazone groups is 1. The first kappa shape index (κ1) is 13.8. The van der Waals surface area contributed by atoms with Crippen molar-refractivity contribution in [2.75, 3.05) is 19.3 Å². The number of nitrogens with zero attached hydrogens (tertiary/aromatic N) is 2. The molecule has 0 bridgehead atoms. The van der Waals surface area contributed by atoms with Crippen LogP contribution in [0.5, 0.6) is 17.2 Å². The van der Waals surface area contributed by atoms with Crippen LogP contribution in [0.3, 0.4) is 0 Å². The second kappa shape index (κ2) is 5.77. The van der Waals surface area contributed by atoms with E-state index in [4.69, 9.17) is 14.2 Å². The lowest BCUT2D eigenvalue weighted by Crippen LogP contribution is -1.93. The molecule has 0 amide bonds. The molecule has 1 N–H and O–H groups in total. The molecule has 23 heavy (non-hydrogen) atoms. The van der Waals surface area contributed by atoms with Crippen molar-refractivity contribution in [3.8, 4) is 17.2 Å². The summed E-state index contributed by atoms with van der Waals surface area (Å²) in [7, 11) is 1.59. The van der Waals surface area contributed by atoms with Crippen molar-refractivity contribution >= 4 is 32.9 Å². The van der Waals surface area contributed by atoms with Crippen molar-refractivity contribution in [2.24, 2.45) is 5.10 Å². The highest BCUT2D eigenvalue weighted by molar-refractivity contribution is 7.22. The topological polar surface area (TPSA) is 65.0 Å². The Balaban J connectivity index is 1.54. The molecule has 0 unspecified atom stereocenters. The summed E-state index contributed by atoms with van der Waals surface area (Å²) in [6.45, 7) is 0.205. The molecule has 3 aromatic rings. The van der Waals surface area contributed by atoms with Crippen LogP contribution >= 0.6 is 11.3 Å². The number of hydrogen-bond acceptors (Lipinski definition) is 7. The van der Waals surface area contributed by atoms with Crippen molar-refractivity contribution in [1.82, 2.24) is 4.98 Å². The zero-order valence-corrected chi connectivity index (χ0v) is 13.1. The van der Waals surface area contributed by atoms with E-state index in [-0.39, 0.29) is 6.79 Å². The highest BCUT2D eigenvalue weighted by Gasteiger charge is 2.19. The summed E-state index contributed by atoms with van der Waals surface area (Å²) in [5.41, 5.74) is 4.76. The molecule has 0 saturated heterocycles. The molecule has 1 aliphatic heterocycles. The Bertz CT molecular complexity index is 858. The second-order valence-corrected chi connectivity index (χ2v) is 5.84. The number of methoxy groups -OCH3 is 1. The first-order chi connectivity index (χ1) is 11.3. The predicted molar refractivity (Wildman–Crippen MR) is 90.0 cm³/mol. The largest absolute Gasteiger partial charge is 0.493 e. The molecule has 2 aromatic carbocycles. The molecule has 1 aliphatic rings. The highest BCUT2D eigenvalue weighted by atomic mass is 32.1. The van der Waals surface area contributed by atoms with E-state index in [9.17, 15) is 0 Å². The summed E-state index contributed by atoms with van der Waals surface area (Å²) >= 11 is 1.55. The standard InChI is InChI=1S/C16H13N3O3S/c1-20-12-6-10(7-13-15(12)22-9-21-13)8-17-19-16-18-11-4-2-3-5-14(11)23-16/h2-8H,9H2,1H3,(H,18,19)/b17-8+. The summed E-state index contributed by atoms with van der Waals surface area (Å²) in [4.78, 5) is 4.46. The van der Waals surface area contributed by atoms with E-state index in [0.29, 0.717) is 17.2 Å². The Hall–Kier alpha value is -2.80. The van der Waals surface area contributed by atoms with Crippen LogP contribution in [0.1, 0.15) is 5.56 Å². The lowest BCUT2D eigenvalue weighted by Gasteiger charge is -2.05. The number of fused-ring (bicyclic) bond motifs is 2. The maximum absolute atomic E-state index is 5.39.